The smallest absolute Gasteiger partial charge is 0.352 e. The summed E-state index contributed by atoms with van der Waals surface area (Å²) < 4.78 is 65.2. The Bertz CT molecular complexity index is 1200. The average molecular weight is 556 g/mol. The monoisotopic (exact) mass is 555 g/mol. The SMILES string of the molecule is CC[C@H](C(=O)NC(C)C)N(Cc1ccc(C)cc1)C(=O)CCCN(c1cccc(C(F)(F)F)c1)S(C)(=O)=O. The molecule has 7 nitrogen and oxygen atoms in total. The van der Waals surface area contributed by atoms with Crippen LogP contribution in [0.15, 0.2) is 48.5 Å². The third kappa shape index (κ3) is 9.04. The molecule has 0 radical (unpaired) electrons. The van der Waals surface area contributed by atoms with E-state index in [9.17, 15) is 31.2 Å². The number of carbonyl (C=O) groups is 2. The molecular formula is C27H36F3N3O4S. The zero-order chi connectivity index (χ0) is 28.7. The van der Waals surface area contributed by atoms with Crippen LogP contribution in [0.3, 0.4) is 0 Å². The molecule has 0 aliphatic rings. The van der Waals surface area contributed by atoms with Gasteiger partial charge < -0.3 is 10.2 Å². The second-order valence-corrected chi connectivity index (χ2v) is 11.5. The normalized spacial score (nSPS) is 12.8. The number of benzene rings is 2. The fourth-order valence-electron chi connectivity index (χ4n) is 4.03. The largest absolute Gasteiger partial charge is 0.416 e. The molecule has 1 N–H and O–H groups in total. The highest BCUT2D eigenvalue weighted by molar-refractivity contribution is 7.92. The highest BCUT2D eigenvalue weighted by atomic mass is 32.2. The summed E-state index contributed by atoms with van der Waals surface area (Å²) in [4.78, 5) is 27.8. The van der Waals surface area contributed by atoms with Crippen LogP contribution in [0.1, 0.15) is 56.7 Å². The first-order chi connectivity index (χ1) is 17.6. The van der Waals surface area contributed by atoms with E-state index in [2.05, 4.69) is 5.32 Å². The Balaban J connectivity index is 2.25. The Labute approximate surface area is 223 Å². The molecular weight excluding hydrogens is 519 g/mol. The highest BCUT2D eigenvalue weighted by Crippen LogP contribution is 2.32. The first kappa shape index (κ1) is 31.1. The van der Waals surface area contributed by atoms with Crippen molar-refractivity contribution in [1.82, 2.24) is 10.2 Å². The molecule has 0 unspecified atom stereocenters. The van der Waals surface area contributed by atoms with Gasteiger partial charge in [0.2, 0.25) is 21.8 Å². The van der Waals surface area contributed by atoms with Crippen LogP contribution in [0.4, 0.5) is 18.9 Å². The van der Waals surface area contributed by atoms with E-state index in [0.29, 0.717) is 6.42 Å². The Morgan fingerprint density at radius 1 is 1.05 bits per heavy atom. The van der Waals surface area contributed by atoms with E-state index in [-0.39, 0.29) is 49.5 Å². The van der Waals surface area contributed by atoms with Crippen LogP contribution in [0.2, 0.25) is 0 Å². The number of sulfonamides is 1. The van der Waals surface area contributed by atoms with E-state index in [1.807, 2.05) is 45.0 Å². The minimum Gasteiger partial charge on any atom is -0.352 e. The van der Waals surface area contributed by atoms with Crippen molar-refractivity contribution in [2.45, 2.75) is 71.8 Å². The number of nitrogens with zero attached hydrogens (tertiary/aromatic N) is 2. The van der Waals surface area contributed by atoms with Crippen LogP contribution in [0.25, 0.3) is 0 Å². The minimum atomic E-state index is -4.63. The summed E-state index contributed by atoms with van der Waals surface area (Å²) in [6.07, 6.45) is -3.40. The Morgan fingerprint density at radius 2 is 1.68 bits per heavy atom. The number of hydrogen-bond donors (Lipinski definition) is 1. The number of amides is 2. The number of nitrogens with one attached hydrogen (secondary N) is 1. The lowest BCUT2D eigenvalue weighted by atomic mass is 10.1. The molecule has 0 saturated carbocycles. The molecule has 2 rings (SSSR count). The molecule has 210 valence electrons. The van der Waals surface area contributed by atoms with Crippen molar-refractivity contribution in [3.63, 3.8) is 0 Å². The van der Waals surface area contributed by atoms with Crippen molar-refractivity contribution in [1.29, 1.82) is 0 Å². The lowest BCUT2D eigenvalue weighted by molar-refractivity contribution is -0.141. The fourth-order valence-corrected chi connectivity index (χ4v) is 4.99. The minimum absolute atomic E-state index is 0.0504. The maximum absolute atomic E-state index is 13.4. The molecule has 0 fully saturated rings. The third-order valence-electron chi connectivity index (χ3n) is 5.90. The quantitative estimate of drug-likeness (QED) is 0.404. The van der Waals surface area contributed by atoms with Gasteiger partial charge >= 0.3 is 6.18 Å². The number of hydrogen-bond acceptors (Lipinski definition) is 4. The van der Waals surface area contributed by atoms with Gasteiger partial charge in [-0.3, -0.25) is 13.9 Å². The molecule has 38 heavy (non-hydrogen) atoms. The van der Waals surface area contributed by atoms with Gasteiger partial charge in [-0.05, 0) is 57.4 Å². The van der Waals surface area contributed by atoms with Crippen LogP contribution in [-0.2, 0) is 32.3 Å². The zero-order valence-electron chi connectivity index (χ0n) is 22.4. The average Bonchev–Trinajstić information content (AvgIpc) is 2.81. The third-order valence-corrected chi connectivity index (χ3v) is 7.10. The number of alkyl halides is 3. The molecule has 2 amide bonds. The summed E-state index contributed by atoms with van der Waals surface area (Å²) in [7, 11) is -3.92. The summed E-state index contributed by atoms with van der Waals surface area (Å²) >= 11 is 0. The lowest BCUT2D eigenvalue weighted by Crippen LogP contribution is -2.50. The van der Waals surface area contributed by atoms with E-state index in [4.69, 9.17) is 0 Å². The maximum atomic E-state index is 13.4. The molecule has 2 aromatic carbocycles. The molecule has 0 spiro atoms. The number of rotatable bonds is 12. The molecule has 11 heteroatoms. The molecule has 0 bridgehead atoms. The van der Waals surface area contributed by atoms with Gasteiger partial charge in [0.15, 0.2) is 0 Å². The predicted octanol–water partition coefficient (Wildman–Crippen LogP) is 4.89. The first-order valence-electron chi connectivity index (χ1n) is 12.4. The number of carbonyl (C=O) groups excluding carboxylic acids is 2. The summed E-state index contributed by atoms with van der Waals surface area (Å²) in [6.45, 7) is 7.38. The van der Waals surface area contributed by atoms with Gasteiger partial charge in [-0.15, -0.1) is 0 Å². The van der Waals surface area contributed by atoms with E-state index in [1.165, 1.54) is 11.0 Å². The second-order valence-electron chi connectivity index (χ2n) is 9.58. The topological polar surface area (TPSA) is 86.8 Å². The van der Waals surface area contributed by atoms with Crippen molar-refractivity contribution in [3.8, 4) is 0 Å². The molecule has 0 aliphatic heterocycles. The fraction of sp³-hybridized carbons (Fsp3) is 0.481. The van der Waals surface area contributed by atoms with Crippen LogP contribution in [-0.4, -0.2) is 50.0 Å². The molecule has 0 heterocycles. The van der Waals surface area contributed by atoms with Gasteiger partial charge in [0.25, 0.3) is 0 Å². The summed E-state index contributed by atoms with van der Waals surface area (Å²) in [6, 6.07) is 10.8. The van der Waals surface area contributed by atoms with Crippen LogP contribution >= 0.6 is 0 Å². The van der Waals surface area contributed by atoms with Gasteiger partial charge in [0.05, 0.1) is 17.5 Å². The molecule has 0 saturated heterocycles. The Morgan fingerprint density at radius 3 is 2.21 bits per heavy atom. The number of aryl methyl sites for hydroxylation is 1. The van der Waals surface area contributed by atoms with Crippen molar-refractivity contribution in [2.24, 2.45) is 0 Å². The van der Waals surface area contributed by atoms with Gasteiger partial charge in [-0.25, -0.2) is 8.42 Å². The van der Waals surface area contributed by atoms with Gasteiger partial charge in [0, 0.05) is 25.6 Å². The van der Waals surface area contributed by atoms with Gasteiger partial charge in [-0.2, -0.15) is 13.2 Å². The predicted molar refractivity (Wildman–Crippen MR) is 142 cm³/mol. The van der Waals surface area contributed by atoms with Gasteiger partial charge in [-0.1, -0.05) is 42.8 Å². The Kier molecular flexibility index (Phi) is 10.8. The van der Waals surface area contributed by atoms with E-state index in [1.54, 1.807) is 6.92 Å². The molecule has 2 aromatic rings. The molecule has 1 atom stereocenters. The van der Waals surface area contributed by atoms with E-state index < -0.39 is 27.8 Å². The van der Waals surface area contributed by atoms with Crippen LogP contribution in [0.5, 0.6) is 0 Å². The standard InChI is InChI=1S/C27H36F3N3O4S/c1-6-24(26(35)31-19(2)3)32(18-21-14-12-20(4)13-15-21)25(34)11-8-16-33(38(5,36)37)23-10-7-9-22(17-23)27(28,29)30/h7,9-10,12-15,17,19,24H,6,8,11,16,18H2,1-5H3,(H,31,35)/t24-/m1/s1. The molecule has 0 aromatic heterocycles. The van der Waals surface area contributed by atoms with E-state index in [0.717, 1.165) is 39.9 Å². The van der Waals surface area contributed by atoms with Crippen molar-refractivity contribution < 1.29 is 31.2 Å². The summed E-state index contributed by atoms with van der Waals surface area (Å²) in [5.41, 5.74) is 0.785. The van der Waals surface area contributed by atoms with Crippen LogP contribution < -0.4 is 9.62 Å². The highest BCUT2D eigenvalue weighted by Gasteiger charge is 2.32. The van der Waals surface area contributed by atoms with Crippen molar-refractivity contribution in [3.05, 3.63) is 65.2 Å². The second kappa shape index (κ2) is 13.1. The summed E-state index contributed by atoms with van der Waals surface area (Å²) in [5, 5.41) is 2.84. The maximum Gasteiger partial charge on any atom is 0.416 e. The number of halogens is 3. The van der Waals surface area contributed by atoms with Crippen molar-refractivity contribution in [2.75, 3.05) is 17.1 Å². The Hall–Kier alpha value is -3.08. The van der Waals surface area contributed by atoms with E-state index >= 15 is 0 Å². The van der Waals surface area contributed by atoms with Crippen LogP contribution in [0, 0.1) is 6.92 Å². The number of anilines is 1. The molecule has 0 aliphatic carbocycles. The van der Waals surface area contributed by atoms with Gasteiger partial charge in [0.1, 0.15) is 6.04 Å². The lowest BCUT2D eigenvalue weighted by Gasteiger charge is -2.31. The summed E-state index contributed by atoms with van der Waals surface area (Å²) in [5.74, 6) is -0.640. The zero-order valence-corrected chi connectivity index (χ0v) is 23.2. The van der Waals surface area contributed by atoms with Crippen molar-refractivity contribution >= 4 is 27.5 Å². The first-order valence-corrected chi connectivity index (χ1v) is 14.3.